The highest BCUT2D eigenvalue weighted by atomic mass is 16.2. The first-order chi connectivity index (χ1) is 9.86. The molecule has 1 fully saturated rings. The lowest BCUT2D eigenvalue weighted by molar-refractivity contribution is -0.126. The molecular weight excluding hydrogens is 262 g/mol. The molecule has 0 aliphatic carbocycles. The first-order valence-electron chi connectivity index (χ1n) is 7.74. The van der Waals surface area contributed by atoms with Crippen LogP contribution >= 0.6 is 0 Å². The molecule has 4 heteroatoms. The van der Waals surface area contributed by atoms with Gasteiger partial charge in [0.1, 0.15) is 0 Å². The molecule has 116 valence electrons. The van der Waals surface area contributed by atoms with Crippen LogP contribution in [0.2, 0.25) is 0 Å². The van der Waals surface area contributed by atoms with Crippen LogP contribution in [-0.2, 0) is 11.3 Å². The Morgan fingerprint density at radius 1 is 1.38 bits per heavy atom. The van der Waals surface area contributed by atoms with Crippen LogP contribution in [0.25, 0.3) is 0 Å². The Hall–Kier alpha value is -1.39. The summed E-state index contributed by atoms with van der Waals surface area (Å²) in [7, 11) is 0. The van der Waals surface area contributed by atoms with E-state index in [2.05, 4.69) is 41.4 Å². The third-order valence-corrected chi connectivity index (χ3v) is 4.16. The van der Waals surface area contributed by atoms with Gasteiger partial charge in [-0.15, -0.1) is 0 Å². The second-order valence-corrected chi connectivity index (χ2v) is 6.72. The molecule has 1 heterocycles. The van der Waals surface area contributed by atoms with Crippen LogP contribution in [0.3, 0.4) is 0 Å². The highest BCUT2D eigenvalue weighted by molar-refractivity contribution is 5.85. The number of likely N-dealkylation sites (tertiary alicyclic amines) is 1. The first-order valence-corrected chi connectivity index (χ1v) is 7.74. The van der Waals surface area contributed by atoms with Crippen LogP contribution in [0.15, 0.2) is 30.3 Å². The van der Waals surface area contributed by atoms with Gasteiger partial charge in [0, 0.05) is 25.2 Å². The number of amides is 1. The van der Waals surface area contributed by atoms with Crippen molar-refractivity contribution in [2.75, 3.05) is 6.54 Å². The predicted molar refractivity (Wildman–Crippen MR) is 85.7 cm³/mol. The van der Waals surface area contributed by atoms with Crippen molar-refractivity contribution in [3.05, 3.63) is 35.9 Å². The number of nitrogens with one attached hydrogen (secondary N) is 1. The molecule has 0 bridgehead atoms. The van der Waals surface area contributed by atoms with Crippen molar-refractivity contribution in [3.63, 3.8) is 0 Å². The van der Waals surface area contributed by atoms with Gasteiger partial charge in [-0.05, 0) is 39.2 Å². The van der Waals surface area contributed by atoms with Crippen LogP contribution in [0.1, 0.15) is 39.2 Å². The lowest BCUT2D eigenvalue weighted by atomic mass is 9.96. The summed E-state index contributed by atoms with van der Waals surface area (Å²) < 4.78 is 0. The van der Waals surface area contributed by atoms with E-state index < -0.39 is 5.54 Å². The molecule has 1 saturated heterocycles. The minimum absolute atomic E-state index is 0.0591. The molecule has 0 saturated carbocycles. The molecule has 0 aromatic heterocycles. The Bertz CT molecular complexity index is 467. The number of hydrogen-bond acceptors (Lipinski definition) is 3. The number of carbonyl (C=O) groups is 1. The van der Waals surface area contributed by atoms with Gasteiger partial charge in [-0.25, -0.2) is 0 Å². The molecule has 1 aliphatic heterocycles. The molecule has 0 spiro atoms. The van der Waals surface area contributed by atoms with Crippen molar-refractivity contribution in [3.8, 4) is 0 Å². The van der Waals surface area contributed by atoms with Crippen LogP contribution in [-0.4, -0.2) is 35.0 Å². The molecule has 1 aromatic carbocycles. The summed E-state index contributed by atoms with van der Waals surface area (Å²) in [4.78, 5) is 14.4. The van der Waals surface area contributed by atoms with E-state index in [1.54, 1.807) is 13.8 Å². The van der Waals surface area contributed by atoms with Gasteiger partial charge in [0.2, 0.25) is 5.91 Å². The van der Waals surface area contributed by atoms with E-state index >= 15 is 0 Å². The summed E-state index contributed by atoms with van der Waals surface area (Å²) in [5, 5.41) is 3.08. The molecule has 1 aromatic rings. The zero-order valence-corrected chi connectivity index (χ0v) is 13.3. The molecular formula is C17H27N3O. The number of carbonyl (C=O) groups excluding carboxylic acids is 1. The fourth-order valence-electron chi connectivity index (χ4n) is 2.78. The highest BCUT2D eigenvalue weighted by Gasteiger charge is 2.29. The van der Waals surface area contributed by atoms with Crippen molar-refractivity contribution >= 4 is 5.91 Å². The summed E-state index contributed by atoms with van der Waals surface area (Å²) in [5.74, 6) is -0.0591. The normalized spacial score (nSPS) is 23.8. The second-order valence-electron chi connectivity index (χ2n) is 6.72. The SMILES string of the molecule is CC1CC(NC(=O)C(C)(C)N)CCN1Cc1ccccc1. The van der Waals surface area contributed by atoms with Crippen LogP contribution in [0.5, 0.6) is 0 Å². The van der Waals surface area contributed by atoms with E-state index in [4.69, 9.17) is 5.73 Å². The van der Waals surface area contributed by atoms with Gasteiger partial charge in [-0.3, -0.25) is 9.69 Å². The number of rotatable bonds is 4. The van der Waals surface area contributed by atoms with E-state index in [9.17, 15) is 4.79 Å². The van der Waals surface area contributed by atoms with Gasteiger partial charge in [0.15, 0.2) is 0 Å². The molecule has 1 aliphatic rings. The first kappa shape index (κ1) is 16.0. The minimum Gasteiger partial charge on any atom is -0.352 e. The van der Waals surface area contributed by atoms with E-state index in [-0.39, 0.29) is 11.9 Å². The number of nitrogens with two attached hydrogens (primary N) is 1. The summed E-state index contributed by atoms with van der Waals surface area (Å²) in [6, 6.07) is 11.2. The van der Waals surface area contributed by atoms with E-state index in [1.807, 2.05) is 6.07 Å². The largest absolute Gasteiger partial charge is 0.352 e. The highest BCUT2D eigenvalue weighted by Crippen LogP contribution is 2.20. The van der Waals surface area contributed by atoms with Gasteiger partial charge in [-0.2, -0.15) is 0 Å². The molecule has 1 amide bonds. The Labute approximate surface area is 127 Å². The van der Waals surface area contributed by atoms with E-state index in [0.29, 0.717) is 6.04 Å². The monoisotopic (exact) mass is 289 g/mol. The lowest BCUT2D eigenvalue weighted by Crippen LogP contribution is -2.55. The Kier molecular flexibility index (Phi) is 5.01. The summed E-state index contributed by atoms with van der Waals surface area (Å²) in [5.41, 5.74) is 6.38. The molecule has 3 N–H and O–H groups in total. The summed E-state index contributed by atoms with van der Waals surface area (Å²) >= 11 is 0. The molecule has 21 heavy (non-hydrogen) atoms. The molecule has 2 atom stereocenters. The van der Waals surface area contributed by atoms with Gasteiger partial charge < -0.3 is 11.1 Å². The predicted octanol–water partition coefficient (Wildman–Crippen LogP) is 1.89. The van der Waals surface area contributed by atoms with E-state index in [0.717, 1.165) is 25.9 Å². The van der Waals surface area contributed by atoms with Gasteiger partial charge in [0.05, 0.1) is 5.54 Å². The number of nitrogens with zero attached hydrogens (tertiary/aromatic N) is 1. The third kappa shape index (κ3) is 4.55. The fourth-order valence-corrected chi connectivity index (χ4v) is 2.78. The third-order valence-electron chi connectivity index (χ3n) is 4.16. The second kappa shape index (κ2) is 6.58. The maximum Gasteiger partial charge on any atom is 0.239 e. The van der Waals surface area contributed by atoms with Crippen LogP contribution in [0.4, 0.5) is 0 Å². The average molecular weight is 289 g/mol. The fraction of sp³-hybridized carbons (Fsp3) is 0.588. The minimum atomic E-state index is -0.801. The zero-order chi connectivity index (χ0) is 15.5. The van der Waals surface area contributed by atoms with Crippen LogP contribution < -0.4 is 11.1 Å². The van der Waals surface area contributed by atoms with E-state index in [1.165, 1.54) is 5.56 Å². The summed E-state index contributed by atoms with van der Waals surface area (Å²) in [6.07, 6.45) is 1.97. The Morgan fingerprint density at radius 2 is 2.05 bits per heavy atom. The van der Waals surface area contributed by atoms with Gasteiger partial charge >= 0.3 is 0 Å². The van der Waals surface area contributed by atoms with Crippen LogP contribution in [0, 0.1) is 0 Å². The van der Waals surface area contributed by atoms with Crippen molar-refractivity contribution in [2.24, 2.45) is 5.73 Å². The molecule has 2 unspecified atom stereocenters. The molecule has 4 nitrogen and oxygen atoms in total. The number of piperidine rings is 1. The lowest BCUT2D eigenvalue weighted by Gasteiger charge is -2.38. The Balaban J connectivity index is 1.86. The topological polar surface area (TPSA) is 58.4 Å². The zero-order valence-electron chi connectivity index (χ0n) is 13.3. The Morgan fingerprint density at radius 3 is 2.62 bits per heavy atom. The van der Waals surface area contributed by atoms with Gasteiger partial charge in [-0.1, -0.05) is 30.3 Å². The molecule has 0 radical (unpaired) electrons. The van der Waals surface area contributed by atoms with Crippen molar-refractivity contribution in [1.29, 1.82) is 0 Å². The average Bonchev–Trinajstić information content (AvgIpc) is 2.42. The number of benzene rings is 1. The standard InChI is InChI=1S/C17H27N3O/c1-13-11-15(19-16(21)17(2,3)18)9-10-20(13)12-14-7-5-4-6-8-14/h4-8,13,15H,9-12,18H2,1-3H3,(H,19,21). The quantitative estimate of drug-likeness (QED) is 0.890. The van der Waals surface area contributed by atoms with Crippen molar-refractivity contribution in [1.82, 2.24) is 10.2 Å². The summed E-state index contributed by atoms with van der Waals surface area (Å²) in [6.45, 7) is 7.71. The number of hydrogen-bond donors (Lipinski definition) is 2. The molecule has 2 rings (SSSR count). The van der Waals surface area contributed by atoms with Crippen molar-refractivity contribution in [2.45, 2.75) is 57.8 Å². The van der Waals surface area contributed by atoms with Crippen molar-refractivity contribution < 1.29 is 4.79 Å². The maximum absolute atomic E-state index is 12.0. The smallest absolute Gasteiger partial charge is 0.239 e. The maximum atomic E-state index is 12.0. The van der Waals surface area contributed by atoms with Gasteiger partial charge in [0.25, 0.3) is 0 Å².